The summed E-state index contributed by atoms with van der Waals surface area (Å²) in [6, 6.07) is 1.94. The molecular weight excluding hydrogens is 81.0 g/mol. The first-order valence-corrected chi connectivity index (χ1v) is 2.03. The normalized spacial score (nSPS) is 6.40. The maximum Gasteiger partial charge on any atom is 0.0625 e. The van der Waals surface area contributed by atoms with Crippen LogP contribution in [-0.4, -0.2) is 6.16 Å². The fourth-order valence-electron chi connectivity index (χ4n) is 0.0500. The summed E-state index contributed by atoms with van der Waals surface area (Å²) in [4.78, 5) is 0. The van der Waals surface area contributed by atoms with E-state index in [9.17, 15) is 0 Å². The Kier molecular flexibility index (Phi) is 3.86. The Bertz CT molecular complexity index is 45.3. The molecule has 0 aromatic carbocycles. The minimum atomic E-state index is 0.559. The maximum atomic E-state index is 7.77. The highest BCUT2D eigenvalue weighted by Gasteiger charge is 1.66. The van der Waals surface area contributed by atoms with Crippen molar-refractivity contribution >= 4 is 9.24 Å². The van der Waals surface area contributed by atoms with E-state index in [1.165, 1.54) is 0 Å². The summed E-state index contributed by atoms with van der Waals surface area (Å²) in [7, 11) is 3.78. The van der Waals surface area contributed by atoms with Crippen LogP contribution in [0.3, 0.4) is 0 Å². The molecule has 0 heterocycles. The summed E-state index contributed by atoms with van der Waals surface area (Å²) in [6.45, 7) is 0. The fraction of sp³-hybridized carbons (Fsp3) is 0.667. The predicted octanol–water partition coefficient (Wildman–Crippen LogP) is 1.31. The highest BCUT2D eigenvalue weighted by Crippen LogP contribution is 1.81. The van der Waals surface area contributed by atoms with Gasteiger partial charge in [0.05, 0.1) is 6.07 Å². The van der Waals surface area contributed by atoms with Gasteiger partial charge in [-0.2, -0.15) is 5.26 Å². The van der Waals surface area contributed by atoms with Crippen molar-refractivity contribution in [1.29, 1.82) is 5.26 Å². The Balaban J connectivity index is 2.48. The quantitative estimate of drug-likeness (QED) is 0.440. The van der Waals surface area contributed by atoms with Crippen LogP contribution in [0.1, 0.15) is 6.42 Å². The molecule has 1 nitrogen and oxygen atoms in total. The van der Waals surface area contributed by atoms with Gasteiger partial charge in [-0.15, -0.1) is 0 Å². The van der Waals surface area contributed by atoms with E-state index in [4.69, 9.17) is 5.26 Å². The summed E-state index contributed by atoms with van der Waals surface area (Å²) in [6.07, 6.45) is 1.24. The average molecular weight is 85.0 g/mol. The van der Waals surface area contributed by atoms with Gasteiger partial charge < -0.3 is 0 Å². The summed E-state index contributed by atoms with van der Waals surface area (Å²) in [5, 5.41) is 7.77. The summed E-state index contributed by atoms with van der Waals surface area (Å²) in [5.74, 6) is 0. The van der Waals surface area contributed by atoms with Crippen LogP contribution < -0.4 is 0 Å². The van der Waals surface area contributed by atoms with Crippen LogP contribution in [-0.2, 0) is 0 Å². The van der Waals surface area contributed by atoms with Crippen LogP contribution in [0.2, 0.25) is 0 Å². The van der Waals surface area contributed by atoms with Crippen molar-refractivity contribution in [3.8, 4) is 6.07 Å². The number of hydrogen-bond acceptors (Lipinski definition) is 1. The molecule has 0 saturated carbocycles. The molecule has 0 bridgehead atoms. The van der Waals surface area contributed by atoms with Crippen molar-refractivity contribution in [2.75, 3.05) is 6.16 Å². The van der Waals surface area contributed by atoms with E-state index in [-0.39, 0.29) is 0 Å². The second-order valence-corrected chi connectivity index (χ2v) is 1.08. The van der Waals surface area contributed by atoms with Gasteiger partial charge in [-0.25, -0.2) is 0 Å². The number of nitrogens with zero attached hydrogens (tertiary/aromatic N) is 1. The van der Waals surface area contributed by atoms with Gasteiger partial charge in [0.25, 0.3) is 0 Å². The van der Waals surface area contributed by atoms with Crippen LogP contribution in [0.5, 0.6) is 0 Å². The third-order valence-electron chi connectivity index (χ3n) is 0.224. The number of hydrogen-bond donors (Lipinski definition) is 0. The van der Waals surface area contributed by atoms with Crippen LogP contribution >= 0.6 is 9.24 Å². The Labute approximate surface area is 34.2 Å². The minimum absolute atomic E-state index is 0.559. The molecule has 0 N–H and O–H groups in total. The van der Waals surface area contributed by atoms with Gasteiger partial charge in [0.1, 0.15) is 0 Å². The zero-order valence-corrected chi connectivity index (χ0v) is 3.70. The van der Waals surface area contributed by atoms with Gasteiger partial charge in [-0.1, -0.05) is 0 Å². The van der Waals surface area contributed by atoms with E-state index in [1.54, 1.807) is 0 Å². The predicted molar refractivity (Wildman–Crippen MR) is 22.0 cm³/mol. The van der Waals surface area contributed by atoms with Crippen LogP contribution in [0, 0.1) is 11.3 Å². The highest BCUT2D eigenvalue weighted by atomic mass is 31.0. The number of nitriles is 1. The molecule has 0 aliphatic heterocycles. The molecule has 5 heavy (non-hydrogen) atoms. The van der Waals surface area contributed by atoms with E-state index < -0.39 is 0 Å². The Morgan fingerprint density at radius 3 is 2.40 bits per heavy atom. The summed E-state index contributed by atoms with van der Waals surface area (Å²) < 4.78 is 0. The molecule has 0 aromatic heterocycles. The summed E-state index contributed by atoms with van der Waals surface area (Å²) in [5.41, 5.74) is 0. The molecule has 0 aliphatic rings. The lowest BCUT2D eigenvalue weighted by molar-refractivity contribution is 1.24. The smallest absolute Gasteiger partial charge is 0.0625 e. The second kappa shape index (κ2) is 3.92. The molecule has 0 aliphatic carbocycles. The molecule has 0 fully saturated rings. The fourth-order valence-corrected chi connectivity index (χ4v) is 0.150. The van der Waals surface area contributed by atoms with Gasteiger partial charge in [0.15, 0.2) is 0 Å². The van der Waals surface area contributed by atoms with Crippen molar-refractivity contribution in [2.24, 2.45) is 0 Å². The van der Waals surface area contributed by atoms with Gasteiger partial charge >= 0.3 is 0 Å². The zero-order chi connectivity index (χ0) is 4.12. The van der Waals surface area contributed by atoms with Crippen molar-refractivity contribution in [3.63, 3.8) is 0 Å². The lowest BCUT2D eigenvalue weighted by atomic mass is 10.6. The summed E-state index contributed by atoms with van der Waals surface area (Å²) >= 11 is 0. The third kappa shape index (κ3) is 3.92. The lowest BCUT2D eigenvalue weighted by Gasteiger charge is -1.64. The van der Waals surface area contributed by atoms with E-state index in [2.05, 4.69) is 9.24 Å². The molecule has 2 heteroatoms. The molecule has 0 spiro atoms. The Morgan fingerprint density at radius 2 is 2.40 bits per heavy atom. The van der Waals surface area contributed by atoms with Gasteiger partial charge in [-0.3, -0.25) is 0 Å². The van der Waals surface area contributed by atoms with Gasteiger partial charge in [-0.05, 0) is 15.4 Å². The van der Waals surface area contributed by atoms with E-state index >= 15 is 0 Å². The van der Waals surface area contributed by atoms with Crippen LogP contribution in [0.4, 0.5) is 0 Å². The highest BCUT2D eigenvalue weighted by molar-refractivity contribution is 7.16. The Morgan fingerprint density at radius 1 is 1.80 bits per heavy atom. The topological polar surface area (TPSA) is 23.8 Å². The molecule has 0 amide bonds. The number of rotatable bonds is 1. The van der Waals surface area contributed by atoms with Crippen molar-refractivity contribution < 1.29 is 0 Å². The second-order valence-electron chi connectivity index (χ2n) is 0.632. The molecule has 0 atom stereocenters. The van der Waals surface area contributed by atoms with E-state index in [0.29, 0.717) is 12.6 Å². The molecule has 26 valence electrons. The molecule has 0 saturated heterocycles. The Hall–Kier alpha value is -0.0800. The van der Waals surface area contributed by atoms with Crippen molar-refractivity contribution in [1.82, 2.24) is 0 Å². The van der Waals surface area contributed by atoms with Crippen molar-refractivity contribution in [2.45, 2.75) is 6.42 Å². The minimum Gasteiger partial charge on any atom is -0.198 e. The van der Waals surface area contributed by atoms with Crippen LogP contribution in [0.15, 0.2) is 0 Å². The third-order valence-corrected chi connectivity index (χ3v) is 0.447. The van der Waals surface area contributed by atoms with Crippen LogP contribution in [0.25, 0.3) is 0 Å². The first kappa shape index (κ1) is 4.92. The standard InChI is InChI=1S/C3H4NP/c4-2-1-3-5/h1,3H2. The van der Waals surface area contributed by atoms with Crippen molar-refractivity contribution in [3.05, 3.63) is 0 Å². The largest absolute Gasteiger partial charge is 0.198 e. The monoisotopic (exact) mass is 85.0 g/mol. The molecule has 2 radical (unpaired) electrons. The molecular formula is C3H4NP. The zero-order valence-electron chi connectivity index (χ0n) is 2.81. The average Bonchev–Trinajstić information content (AvgIpc) is 1.41. The molecule has 0 unspecified atom stereocenters. The molecule has 0 rings (SSSR count). The van der Waals surface area contributed by atoms with E-state index in [1.807, 2.05) is 6.07 Å². The first-order valence-electron chi connectivity index (χ1n) is 1.39. The van der Waals surface area contributed by atoms with Gasteiger partial charge in [0.2, 0.25) is 0 Å². The SMILES string of the molecule is N#CCC[P]. The maximum absolute atomic E-state index is 7.77. The lowest BCUT2D eigenvalue weighted by Crippen LogP contribution is -1.59. The molecule has 0 aromatic rings. The van der Waals surface area contributed by atoms with E-state index in [0.717, 1.165) is 0 Å². The van der Waals surface area contributed by atoms with Gasteiger partial charge in [0, 0.05) is 6.42 Å². The first-order chi connectivity index (χ1) is 2.41.